The lowest BCUT2D eigenvalue weighted by Crippen LogP contribution is -1.95. The molecule has 4 heteroatoms. The summed E-state index contributed by atoms with van der Waals surface area (Å²) in [5.41, 5.74) is 8.69. The summed E-state index contributed by atoms with van der Waals surface area (Å²) in [6.07, 6.45) is 1.52. The van der Waals surface area contributed by atoms with Crippen molar-refractivity contribution in [3.8, 4) is 16.8 Å². The summed E-state index contributed by atoms with van der Waals surface area (Å²) in [6.45, 7) is 0. The number of hydrogen-bond donors (Lipinski definition) is 0. The van der Waals surface area contributed by atoms with Gasteiger partial charge in [0.15, 0.2) is 17.6 Å². The fraction of sp³-hybridized carbons (Fsp3) is 0. The third kappa shape index (κ3) is 2.53. The first-order chi connectivity index (χ1) is 17.4. The smallest absolute Gasteiger partial charge is 0.182 e. The topological polar surface area (TPSA) is 44.1 Å². The van der Waals surface area contributed by atoms with Gasteiger partial charge >= 0.3 is 0 Å². The number of nitrogens with zero attached hydrogens (tertiary/aromatic N) is 2. The number of hydrogen-bond acceptors (Lipinski definition) is 3. The largest absolute Gasteiger partial charge is 0.454 e. The van der Waals surface area contributed by atoms with Crippen LogP contribution in [0.4, 0.5) is 0 Å². The minimum absolute atomic E-state index is 0.787. The van der Waals surface area contributed by atoms with Gasteiger partial charge in [0.05, 0.1) is 11.0 Å². The van der Waals surface area contributed by atoms with Crippen LogP contribution < -0.4 is 0 Å². The first-order valence-corrected chi connectivity index (χ1v) is 11.6. The molecule has 0 saturated heterocycles. The zero-order valence-electron chi connectivity index (χ0n) is 18.6. The lowest BCUT2D eigenvalue weighted by molar-refractivity contribution is 0.603. The second-order valence-electron chi connectivity index (χ2n) is 8.85. The second-order valence-corrected chi connectivity index (χ2v) is 8.85. The average Bonchev–Trinajstić information content (AvgIpc) is 3.62. The van der Waals surface area contributed by atoms with E-state index in [1.54, 1.807) is 0 Å². The third-order valence-electron chi connectivity index (χ3n) is 6.94. The van der Waals surface area contributed by atoms with Crippen LogP contribution in [0.3, 0.4) is 0 Å². The molecule has 0 aliphatic carbocycles. The van der Waals surface area contributed by atoms with E-state index < -0.39 is 0 Å². The van der Waals surface area contributed by atoms with Crippen molar-refractivity contribution in [2.45, 2.75) is 0 Å². The SMILES string of the molecule is c1ccc(-c2cc(-n3c4ccccc4c4ccc5c6ccccc6oc5c43)cc3ncoc23)cc1. The molecule has 0 fully saturated rings. The van der Waals surface area contributed by atoms with Crippen LogP contribution in [0.2, 0.25) is 0 Å². The van der Waals surface area contributed by atoms with E-state index >= 15 is 0 Å². The molecule has 0 unspecified atom stereocenters. The molecule has 0 aliphatic rings. The minimum atomic E-state index is 0.787. The van der Waals surface area contributed by atoms with E-state index in [9.17, 15) is 0 Å². The maximum absolute atomic E-state index is 6.49. The standard InChI is InChI=1S/C31H18N2O2/c1-2-8-19(9-3-1)25-16-20(17-26-30(25)34-18-32-26)33-27-12-6-4-10-21(27)23-14-15-24-22-11-5-7-13-28(22)35-31(24)29(23)33/h1-18H. The van der Waals surface area contributed by atoms with Crippen LogP contribution in [-0.2, 0) is 0 Å². The van der Waals surface area contributed by atoms with E-state index in [0.717, 1.165) is 66.3 Å². The summed E-state index contributed by atoms with van der Waals surface area (Å²) < 4.78 is 14.6. The molecule has 8 aromatic rings. The molecular formula is C31H18N2O2. The number of oxazole rings is 1. The number of benzene rings is 5. The Morgan fingerprint density at radius 3 is 2.31 bits per heavy atom. The van der Waals surface area contributed by atoms with Crippen molar-refractivity contribution in [2.24, 2.45) is 0 Å². The van der Waals surface area contributed by atoms with E-state index in [-0.39, 0.29) is 0 Å². The highest BCUT2D eigenvalue weighted by molar-refractivity contribution is 6.21. The van der Waals surface area contributed by atoms with Gasteiger partial charge in [-0.05, 0) is 35.9 Å². The van der Waals surface area contributed by atoms with Gasteiger partial charge in [0.2, 0.25) is 0 Å². The molecule has 3 aromatic heterocycles. The van der Waals surface area contributed by atoms with Crippen LogP contribution in [0.5, 0.6) is 0 Å². The number of furan rings is 1. The fourth-order valence-corrected chi connectivity index (χ4v) is 5.41. The molecule has 164 valence electrons. The molecule has 0 atom stereocenters. The number of fused-ring (bicyclic) bond motifs is 8. The Balaban J connectivity index is 1.56. The highest BCUT2D eigenvalue weighted by Crippen LogP contribution is 2.41. The van der Waals surface area contributed by atoms with Crippen LogP contribution >= 0.6 is 0 Å². The Hall–Kier alpha value is -4.83. The zero-order chi connectivity index (χ0) is 22.9. The fourth-order valence-electron chi connectivity index (χ4n) is 5.41. The zero-order valence-corrected chi connectivity index (χ0v) is 18.6. The summed E-state index contributed by atoms with van der Waals surface area (Å²) in [7, 11) is 0. The Labute approximate surface area is 199 Å². The van der Waals surface area contributed by atoms with Crippen LogP contribution in [0.25, 0.3) is 71.7 Å². The van der Waals surface area contributed by atoms with Crippen LogP contribution in [0.1, 0.15) is 0 Å². The Morgan fingerprint density at radius 1 is 0.629 bits per heavy atom. The summed E-state index contributed by atoms with van der Waals surface area (Å²) in [4.78, 5) is 4.53. The summed E-state index contributed by atoms with van der Waals surface area (Å²) in [5.74, 6) is 0. The van der Waals surface area contributed by atoms with Gasteiger partial charge in [0.25, 0.3) is 0 Å². The number of rotatable bonds is 2. The van der Waals surface area contributed by atoms with Crippen molar-refractivity contribution in [1.82, 2.24) is 9.55 Å². The molecule has 0 radical (unpaired) electrons. The predicted molar refractivity (Wildman–Crippen MR) is 141 cm³/mol. The first-order valence-electron chi connectivity index (χ1n) is 11.6. The number of para-hydroxylation sites is 2. The maximum Gasteiger partial charge on any atom is 0.182 e. The first kappa shape index (κ1) is 18.6. The lowest BCUT2D eigenvalue weighted by atomic mass is 10.0. The van der Waals surface area contributed by atoms with Crippen molar-refractivity contribution in [2.75, 3.05) is 0 Å². The molecule has 35 heavy (non-hydrogen) atoms. The van der Waals surface area contributed by atoms with E-state index in [1.807, 2.05) is 30.3 Å². The number of aromatic nitrogens is 2. The van der Waals surface area contributed by atoms with Gasteiger partial charge in [-0.1, -0.05) is 72.8 Å². The third-order valence-corrected chi connectivity index (χ3v) is 6.94. The highest BCUT2D eigenvalue weighted by Gasteiger charge is 2.20. The molecule has 0 saturated carbocycles. The molecular weight excluding hydrogens is 432 g/mol. The molecule has 0 spiro atoms. The van der Waals surface area contributed by atoms with E-state index in [2.05, 4.69) is 82.3 Å². The van der Waals surface area contributed by atoms with Crippen molar-refractivity contribution in [3.63, 3.8) is 0 Å². The molecule has 4 nitrogen and oxygen atoms in total. The van der Waals surface area contributed by atoms with Gasteiger partial charge < -0.3 is 13.4 Å². The summed E-state index contributed by atoms with van der Waals surface area (Å²) >= 11 is 0. The Morgan fingerprint density at radius 2 is 1.40 bits per heavy atom. The van der Waals surface area contributed by atoms with E-state index in [0.29, 0.717) is 0 Å². The van der Waals surface area contributed by atoms with Gasteiger partial charge in [-0.2, -0.15) is 0 Å². The highest BCUT2D eigenvalue weighted by atomic mass is 16.3. The Kier molecular flexibility index (Phi) is 3.63. The molecule has 0 bridgehead atoms. The molecule has 0 amide bonds. The monoisotopic (exact) mass is 450 g/mol. The summed E-state index contributed by atoms with van der Waals surface area (Å²) in [5, 5.41) is 4.58. The molecule has 0 N–H and O–H groups in total. The van der Waals surface area contributed by atoms with E-state index in [1.165, 1.54) is 11.8 Å². The predicted octanol–water partition coefficient (Wildman–Crippen LogP) is 8.49. The van der Waals surface area contributed by atoms with E-state index in [4.69, 9.17) is 8.83 Å². The Bertz CT molecular complexity index is 2060. The van der Waals surface area contributed by atoms with Crippen LogP contribution in [-0.4, -0.2) is 9.55 Å². The van der Waals surface area contributed by atoms with Crippen LogP contribution in [0.15, 0.2) is 118 Å². The van der Waals surface area contributed by atoms with Gasteiger partial charge in [-0.15, -0.1) is 0 Å². The van der Waals surface area contributed by atoms with Crippen LogP contribution in [0, 0.1) is 0 Å². The quantitative estimate of drug-likeness (QED) is 0.265. The lowest BCUT2D eigenvalue weighted by Gasteiger charge is -2.11. The average molecular weight is 450 g/mol. The van der Waals surface area contributed by atoms with Crippen molar-refractivity contribution in [3.05, 3.63) is 110 Å². The van der Waals surface area contributed by atoms with Crippen molar-refractivity contribution >= 4 is 54.8 Å². The minimum Gasteiger partial charge on any atom is -0.454 e. The molecule has 5 aromatic carbocycles. The maximum atomic E-state index is 6.49. The van der Waals surface area contributed by atoms with Gasteiger partial charge in [-0.3, -0.25) is 0 Å². The molecule has 3 heterocycles. The van der Waals surface area contributed by atoms with Gasteiger partial charge in [0.1, 0.15) is 11.1 Å². The molecule has 8 rings (SSSR count). The summed E-state index contributed by atoms with van der Waals surface area (Å²) in [6, 6.07) is 35.7. The van der Waals surface area contributed by atoms with Gasteiger partial charge in [-0.25, -0.2) is 4.98 Å². The van der Waals surface area contributed by atoms with Gasteiger partial charge in [0, 0.05) is 32.8 Å². The van der Waals surface area contributed by atoms with Crippen molar-refractivity contribution < 1.29 is 8.83 Å². The molecule has 0 aliphatic heterocycles. The van der Waals surface area contributed by atoms with Crippen molar-refractivity contribution in [1.29, 1.82) is 0 Å². The second kappa shape index (κ2) is 6.84. The normalized spacial score (nSPS) is 12.0.